The highest BCUT2D eigenvalue weighted by atomic mass is 32.1. The van der Waals surface area contributed by atoms with Crippen LogP contribution >= 0.6 is 11.3 Å². The van der Waals surface area contributed by atoms with E-state index in [9.17, 15) is 4.39 Å². The summed E-state index contributed by atoms with van der Waals surface area (Å²) in [5.74, 6) is -0.289. The molecule has 0 saturated heterocycles. The topological polar surface area (TPSA) is 24.9 Å². The molecule has 0 spiro atoms. The van der Waals surface area contributed by atoms with Crippen LogP contribution in [-0.2, 0) is 6.42 Å². The van der Waals surface area contributed by atoms with Gasteiger partial charge in [-0.2, -0.15) is 0 Å². The summed E-state index contributed by atoms with van der Waals surface area (Å²) in [5, 5.41) is 3.38. The number of halogens is 1. The third kappa shape index (κ3) is 2.94. The van der Waals surface area contributed by atoms with Crippen LogP contribution in [0, 0.1) is 5.82 Å². The SMILES string of the molecule is CCNC(c1cncc(F)c1)c1ccc(CC)s1. The maximum absolute atomic E-state index is 13.3. The molecule has 0 aromatic carbocycles. The molecule has 0 bridgehead atoms. The summed E-state index contributed by atoms with van der Waals surface area (Å²) in [6.45, 7) is 5.02. The van der Waals surface area contributed by atoms with E-state index in [1.54, 1.807) is 23.6 Å². The van der Waals surface area contributed by atoms with Crippen LogP contribution in [0.25, 0.3) is 0 Å². The Morgan fingerprint density at radius 2 is 2.17 bits per heavy atom. The van der Waals surface area contributed by atoms with Crippen LogP contribution in [0.2, 0.25) is 0 Å². The van der Waals surface area contributed by atoms with Gasteiger partial charge >= 0.3 is 0 Å². The summed E-state index contributed by atoms with van der Waals surface area (Å²) in [4.78, 5) is 6.48. The Balaban J connectivity index is 2.33. The molecule has 1 N–H and O–H groups in total. The third-order valence-electron chi connectivity index (χ3n) is 2.78. The van der Waals surface area contributed by atoms with Crippen LogP contribution in [0.1, 0.15) is 35.2 Å². The molecular formula is C14H17FN2S. The molecule has 0 aliphatic rings. The number of hydrogen-bond donors (Lipinski definition) is 1. The molecule has 0 amide bonds. The standard InChI is InChI=1S/C14H17FN2S/c1-3-12-5-6-13(18-12)14(17-4-2)10-7-11(15)9-16-8-10/h5-9,14,17H,3-4H2,1-2H3. The van der Waals surface area contributed by atoms with Gasteiger partial charge in [-0.25, -0.2) is 4.39 Å². The smallest absolute Gasteiger partial charge is 0.141 e. The zero-order valence-corrected chi connectivity index (χ0v) is 11.4. The quantitative estimate of drug-likeness (QED) is 0.893. The van der Waals surface area contributed by atoms with Crippen LogP contribution in [0.4, 0.5) is 4.39 Å². The monoisotopic (exact) mass is 264 g/mol. The van der Waals surface area contributed by atoms with Crippen molar-refractivity contribution in [1.82, 2.24) is 10.3 Å². The molecule has 96 valence electrons. The van der Waals surface area contributed by atoms with Gasteiger partial charge in [0.15, 0.2) is 0 Å². The van der Waals surface area contributed by atoms with E-state index in [1.807, 2.05) is 6.92 Å². The molecule has 18 heavy (non-hydrogen) atoms. The summed E-state index contributed by atoms with van der Waals surface area (Å²) < 4.78 is 13.3. The van der Waals surface area contributed by atoms with Gasteiger partial charge in [0.2, 0.25) is 0 Å². The van der Waals surface area contributed by atoms with Crippen molar-refractivity contribution in [1.29, 1.82) is 0 Å². The molecule has 0 aliphatic heterocycles. The highest BCUT2D eigenvalue weighted by molar-refractivity contribution is 7.12. The lowest BCUT2D eigenvalue weighted by atomic mass is 10.1. The van der Waals surface area contributed by atoms with Crippen LogP contribution < -0.4 is 5.32 Å². The molecule has 2 nitrogen and oxygen atoms in total. The van der Waals surface area contributed by atoms with Crippen molar-refractivity contribution >= 4 is 11.3 Å². The van der Waals surface area contributed by atoms with Crippen LogP contribution in [0.15, 0.2) is 30.6 Å². The molecule has 0 aliphatic carbocycles. The van der Waals surface area contributed by atoms with Crippen LogP contribution in [-0.4, -0.2) is 11.5 Å². The zero-order chi connectivity index (χ0) is 13.0. The Labute approximate surface area is 111 Å². The molecule has 1 atom stereocenters. The predicted octanol–water partition coefficient (Wildman–Crippen LogP) is 3.54. The molecule has 2 rings (SSSR count). The Bertz CT molecular complexity index is 510. The van der Waals surface area contributed by atoms with Gasteiger partial charge in [0, 0.05) is 16.0 Å². The lowest BCUT2D eigenvalue weighted by Crippen LogP contribution is -2.21. The van der Waals surface area contributed by atoms with Crippen LogP contribution in [0.5, 0.6) is 0 Å². The first-order valence-corrected chi connectivity index (χ1v) is 6.98. The van der Waals surface area contributed by atoms with E-state index >= 15 is 0 Å². The number of aromatic nitrogens is 1. The van der Waals surface area contributed by atoms with E-state index in [0.29, 0.717) is 0 Å². The highest BCUT2D eigenvalue weighted by Gasteiger charge is 2.15. The number of nitrogens with one attached hydrogen (secondary N) is 1. The van der Waals surface area contributed by atoms with Gasteiger partial charge < -0.3 is 5.32 Å². The molecule has 2 aromatic heterocycles. The number of rotatable bonds is 5. The fraction of sp³-hybridized carbons (Fsp3) is 0.357. The number of nitrogens with zero attached hydrogens (tertiary/aromatic N) is 1. The Morgan fingerprint density at radius 3 is 2.78 bits per heavy atom. The zero-order valence-electron chi connectivity index (χ0n) is 10.6. The van der Waals surface area contributed by atoms with Gasteiger partial charge in [0.25, 0.3) is 0 Å². The van der Waals surface area contributed by atoms with E-state index in [1.165, 1.54) is 16.0 Å². The van der Waals surface area contributed by atoms with E-state index in [4.69, 9.17) is 0 Å². The molecule has 1 unspecified atom stereocenters. The maximum atomic E-state index is 13.3. The molecule has 0 fully saturated rings. The molecular weight excluding hydrogens is 247 g/mol. The van der Waals surface area contributed by atoms with Gasteiger partial charge in [0.05, 0.1) is 12.2 Å². The number of pyridine rings is 1. The Morgan fingerprint density at radius 1 is 1.33 bits per heavy atom. The number of hydrogen-bond acceptors (Lipinski definition) is 3. The van der Waals surface area contributed by atoms with Gasteiger partial charge in [0.1, 0.15) is 5.82 Å². The molecule has 4 heteroatoms. The van der Waals surface area contributed by atoms with Gasteiger partial charge in [-0.1, -0.05) is 13.8 Å². The van der Waals surface area contributed by atoms with E-state index in [0.717, 1.165) is 18.5 Å². The highest BCUT2D eigenvalue weighted by Crippen LogP contribution is 2.28. The van der Waals surface area contributed by atoms with E-state index in [2.05, 4.69) is 29.4 Å². The van der Waals surface area contributed by atoms with Crippen molar-refractivity contribution < 1.29 is 4.39 Å². The van der Waals surface area contributed by atoms with Gasteiger partial charge in [-0.15, -0.1) is 11.3 Å². The molecule has 2 heterocycles. The normalized spacial score (nSPS) is 12.6. The summed E-state index contributed by atoms with van der Waals surface area (Å²) in [6, 6.07) is 5.83. The van der Waals surface area contributed by atoms with Crippen molar-refractivity contribution in [3.05, 3.63) is 51.7 Å². The van der Waals surface area contributed by atoms with Crippen molar-refractivity contribution in [3.63, 3.8) is 0 Å². The Hall–Kier alpha value is -1.26. The van der Waals surface area contributed by atoms with Gasteiger partial charge in [-0.05, 0) is 36.7 Å². The fourth-order valence-corrected chi connectivity index (χ4v) is 2.97. The van der Waals surface area contributed by atoms with Crippen molar-refractivity contribution in [3.8, 4) is 0 Å². The second kappa shape index (κ2) is 6.07. The first-order valence-electron chi connectivity index (χ1n) is 6.17. The van der Waals surface area contributed by atoms with E-state index in [-0.39, 0.29) is 11.9 Å². The second-order valence-electron chi connectivity index (χ2n) is 4.08. The maximum Gasteiger partial charge on any atom is 0.141 e. The van der Waals surface area contributed by atoms with Crippen molar-refractivity contribution in [2.45, 2.75) is 26.3 Å². The van der Waals surface area contributed by atoms with E-state index < -0.39 is 0 Å². The predicted molar refractivity (Wildman–Crippen MR) is 73.4 cm³/mol. The lowest BCUT2D eigenvalue weighted by Gasteiger charge is -2.16. The minimum atomic E-state index is -0.289. The first-order chi connectivity index (χ1) is 8.74. The third-order valence-corrected chi connectivity index (χ3v) is 4.08. The first kappa shape index (κ1) is 13.2. The second-order valence-corrected chi connectivity index (χ2v) is 5.28. The Kier molecular flexibility index (Phi) is 4.44. The van der Waals surface area contributed by atoms with Crippen molar-refractivity contribution in [2.75, 3.05) is 6.54 Å². The minimum absolute atomic E-state index is 0.0310. The lowest BCUT2D eigenvalue weighted by molar-refractivity contribution is 0.599. The summed E-state index contributed by atoms with van der Waals surface area (Å²) in [5.41, 5.74) is 0.876. The number of thiophene rings is 1. The summed E-state index contributed by atoms with van der Waals surface area (Å²) >= 11 is 1.77. The van der Waals surface area contributed by atoms with Crippen LogP contribution in [0.3, 0.4) is 0 Å². The number of aryl methyl sites for hydroxylation is 1. The van der Waals surface area contributed by atoms with Gasteiger partial charge in [-0.3, -0.25) is 4.98 Å². The van der Waals surface area contributed by atoms with Crippen molar-refractivity contribution in [2.24, 2.45) is 0 Å². The largest absolute Gasteiger partial charge is 0.306 e. The summed E-state index contributed by atoms with van der Waals surface area (Å²) in [6.07, 6.45) is 3.99. The molecule has 0 radical (unpaired) electrons. The minimum Gasteiger partial charge on any atom is -0.306 e. The average molecular weight is 264 g/mol. The fourth-order valence-electron chi connectivity index (χ4n) is 1.91. The molecule has 0 saturated carbocycles. The average Bonchev–Trinajstić information content (AvgIpc) is 2.84. The summed E-state index contributed by atoms with van der Waals surface area (Å²) in [7, 11) is 0. The molecule has 2 aromatic rings.